The monoisotopic (exact) mass is 357 g/mol. The summed E-state index contributed by atoms with van der Waals surface area (Å²) in [5, 5.41) is 12.1. The van der Waals surface area contributed by atoms with E-state index >= 15 is 0 Å². The van der Waals surface area contributed by atoms with E-state index in [0.717, 1.165) is 0 Å². The fourth-order valence-corrected chi connectivity index (χ4v) is 2.63. The molecule has 21 heavy (non-hydrogen) atoms. The summed E-state index contributed by atoms with van der Waals surface area (Å²) in [5.41, 5.74) is -0.945. The van der Waals surface area contributed by atoms with Crippen molar-refractivity contribution < 1.29 is 24.2 Å². The molecule has 0 aromatic heterocycles. The molecule has 6 nitrogen and oxygen atoms in total. The van der Waals surface area contributed by atoms with Gasteiger partial charge >= 0.3 is 5.97 Å². The van der Waals surface area contributed by atoms with Gasteiger partial charge in [-0.1, -0.05) is 0 Å². The van der Waals surface area contributed by atoms with Crippen LogP contribution in [0.4, 0.5) is 0 Å². The Morgan fingerprint density at radius 3 is 2.62 bits per heavy atom. The molecule has 1 fully saturated rings. The number of methoxy groups -OCH3 is 1. The third kappa shape index (κ3) is 3.36. The molecule has 2 N–H and O–H groups in total. The van der Waals surface area contributed by atoms with Crippen LogP contribution < -0.4 is 10.1 Å². The van der Waals surface area contributed by atoms with Crippen molar-refractivity contribution in [3.05, 3.63) is 28.2 Å². The molecule has 0 aliphatic carbocycles. The van der Waals surface area contributed by atoms with Crippen LogP contribution in [0, 0.1) is 0 Å². The highest BCUT2D eigenvalue weighted by atomic mass is 79.9. The quantitative estimate of drug-likeness (QED) is 0.858. The maximum absolute atomic E-state index is 12.4. The van der Waals surface area contributed by atoms with Gasteiger partial charge in [0, 0.05) is 30.5 Å². The summed E-state index contributed by atoms with van der Waals surface area (Å²) in [6.07, 6.45) is 0.491. The number of ether oxygens (including phenoxy) is 2. The second kappa shape index (κ2) is 6.44. The molecular formula is C14H16BrNO5. The van der Waals surface area contributed by atoms with Crippen LogP contribution in [0.15, 0.2) is 22.7 Å². The lowest BCUT2D eigenvalue weighted by molar-refractivity contribution is -0.148. The molecule has 2 rings (SSSR count). The number of hydrogen-bond acceptors (Lipinski definition) is 4. The summed E-state index contributed by atoms with van der Waals surface area (Å²) in [7, 11) is 1.50. The number of benzene rings is 1. The van der Waals surface area contributed by atoms with Crippen LogP contribution >= 0.6 is 15.9 Å². The van der Waals surface area contributed by atoms with Crippen molar-refractivity contribution in [3.8, 4) is 5.75 Å². The van der Waals surface area contributed by atoms with Crippen LogP contribution in [-0.4, -0.2) is 42.8 Å². The van der Waals surface area contributed by atoms with Crippen LogP contribution in [0.1, 0.15) is 23.2 Å². The molecule has 0 unspecified atom stereocenters. The number of carboxylic acid groups (broad SMARTS) is 1. The minimum absolute atomic E-state index is 0.246. The fourth-order valence-electron chi connectivity index (χ4n) is 2.20. The zero-order chi connectivity index (χ0) is 15.5. The standard InChI is InChI=1S/C14H16BrNO5/c1-20-9-2-3-11(15)10(8-9)12(17)16-14(13(18)19)4-6-21-7-5-14/h2-3,8H,4-7H2,1H3,(H,16,17)(H,18,19). The number of hydrogen-bond donors (Lipinski definition) is 2. The smallest absolute Gasteiger partial charge is 0.329 e. The van der Waals surface area contributed by atoms with E-state index < -0.39 is 17.4 Å². The molecule has 114 valence electrons. The molecule has 0 saturated carbocycles. The van der Waals surface area contributed by atoms with Crippen LogP contribution in [0.25, 0.3) is 0 Å². The maximum atomic E-state index is 12.4. The normalized spacial score (nSPS) is 17.0. The number of nitrogens with one attached hydrogen (secondary N) is 1. The predicted octanol–water partition coefficient (Wildman–Crippen LogP) is 1.82. The molecule has 1 amide bonds. The lowest BCUT2D eigenvalue weighted by Gasteiger charge is -2.34. The average molecular weight is 358 g/mol. The Bertz CT molecular complexity index is 554. The van der Waals surface area contributed by atoms with Gasteiger partial charge in [0.1, 0.15) is 11.3 Å². The third-order valence-corrected chi connectivity index (χ3v) is 4.22. The molecule has 1 aliphatic heterocycles. The van der Waals surface area contributed by atoms with Crippen LogP contribution in [0.3, 0.4) is 0 Å². The van der Waals surface area contributed by atoms with Crippen molar-refractivity contribution >= 4 is 27.8 Å². The summed E-state index contributed by atoms with van der Waals surface area (Å²) in [6.45, 7) is 0.623. The first-order valence-electron chi connectivity index (χ1n) is 6.46. The van der Waals surface area contributed by atoms with Gasteiger partial charge in [0.25, 0.3) is 5.91 Å². The van der Waals surface area contributed by atoms with Crippen molar-refractivity contribution in [1.82, 2.24) is 5.32 Å². The number of halogens is 1. The van der Waals surface area contributed by atoms with Gasteiger partial charge in [-0.3, -0.25) is 4.79 Å². The summed E-state index contributed by atoms with van der Waals surface area (Å²) in [6, 6.07) is 4.96. The first-order valence-corrected chi connectivity index (χ1v) is 7.25. The van der Waals surface area contributed by atoms with Gasteiger partial charge in [-0.15, -0.1) is 0 Å². The fraction of sp³-hybridized carbons (Fsp3) is 0.429. The van der Waals surface area contributed by atoms with E-state index in [1.807, 2.05) is 0 Å². The van der Waals surface area contributed by atoms with E-state index in [1.54, 1.807) is 18.2 Å². The van der Waals surface area contributed by atoms with Gasteiger partial charge in [0.05, 0.1) is 12.7 Å². The van der Waals surface area contributed by atoms with Crippen molar-refractivity contribution in [2.24, 2.45) is 0 Å². The first-order chi connectivity index (χ1) is 9.98. The molecule has 0 radical (unpaired) electrons. The van der Waals surface area contributed by atoms with Crippen LogP contribution in [-0.2, 0) is 9.53 Å². The number of carbonyl (C=O) groups is 2. The Morgan fingerprint density at radius 1 is 1.38 bits per heavy atom. The van der Waals surface area contributed by atoms with E-state index in [-0.39, 0.29) is 12.8 Å². The second-order valence-corrected chi connectivity index (χ2v) is 5.65. The van der Waals surface area contributed by atoms with Gasteiger partial charge in [-0.2, -0.15) is 0 Å². The zero-order valence-electron chi connectivity index (χ0n) is 11.5. The number of carboxylic acids is 1. The highest BCUT2D eigenvalue weighted by Gasteiger charge is 2.42. The molecule has 1 heterocycles. The van der Waals surface area contributed by atoms with Gasteiger partial charge in [0.15, 0.2) is 0 Å². The highest BCUT2D eigenvalue weighted by molar-refractivity contribution is 9.10. The van der Waals surface area contributed by atoms with Crippen molar-refractivity contribution in [2.75, 3.05) is 20.3 Å². The van der Waals surface area contributed by atoms with E-state index in [9.17, 15) is 14.7 Å². The first kappa shape index (κ1) is 15.8. The van der Waals surface area contributed by atoms with Crippen LogP contribution in [0.2, 0.25) is 0 Å². The van der Waals surface area contributed by atoms with E-state index in [1.165, 1.54) is 7.11 Å². The number of aliphatic carboxylic acids is 1. The summed E-state index contributed by atoms with van der Waals surface area (Å²) >= 11 is 3.29. The van der Waals surface area contributed by atoms with Crippen LogP contribution in [0.5, 0.6) is 5.75 Å². The SMILES string of the molecule is COc1ccc(Br)c(C(=O)NC2(C(=O)O)CCOCC2)c1. The van der Waals surface area contributed by atoms with Gasteiger partial charge < -0.3 is 19.9 Å². The Hall–Kier alpha value is -1.60. The minimum atomic E-state index is -1.28. The molecule has 0 spiro atoms. The van der Waals surface area contributed by atoms with Crippen molar-refractivity contribution in [3.63, 3.8) is 0 Å². The highest BCUT2D eigenvalue weighted by Crippen LogP contribution is 2.26. The Balaban J connectivity index is 2.25. The predicted molar refractivity (Wildman–Crippen MR) is 78.6 cm³/mol. The lowest BCUT2D eigenvalue weighted by atomic mass is 9.89. The molecule has 1 aliphatic rings. The van der Waals surface area contributed by atoms with Crippen molar-refractivity contribution in [2.45, 2.75) is 18.4 Å². The summed E-state index contributed by atoms with van der Waals surface area (Å²) < 4.78 is 10.8. The molecule has 0 atom stereocenters. The Morgan fingerprint density at radius 2 is 2.05 bits per heavy atom. The maximum Gasteiger partial charge on any atom is 0.329 e. The Kier molecular flexibility index (Phi) is 4.84. The number of carbonyl (C=O) groups excluding carboxylic acids is 1. The van der Waals surface area contributed by atoms with Crippen molar-refractivity contribution in [1.29, 1.82) is 0 Å². The summed E-state index contributed by atoms with van der Waals surface area (Å²) in [4.78, 5) is 24.0. The molecule has 1 aromatic rings. The molecule has 0 bridgehead atoms. The Labute approximate surface area is 130 Å². The molecule has 1 aromatic carbocycles. The lowest BCUT2D eigenvalue weighted by Crippen LogP contribution is -2.57. The number of amides is 1. The van der Waals surface area contributed by atoms with E-state index in [2.05, 4.69) is 21.2 Å². The largest absolute Gasteiger partial charge is 0.497 e. The topological polar surface area (TPSA) is 84.9 Å². The van der Waals surface area contributed by atoms with E-state index in [4.69, 9.17) is 9.47 Å². The third-order valence-electron chi connectivity index (χ3n) is 3.53. The number of rotatable bonds is 4. The molecule has 1 saturated heterocycles. The summed E-state index contributed by atoms with van der Waals surface area (Å²) in [5.74, 6) is -0.969. The molecule has 7 heteroatoms. The molecular weight excluding hydrogens is 342 g/mol. The van der Waals surface area contributed by atoms with Gasteiger partial charge in [-0.25, -0.2) is 4.79 Å². The van der Waals surface area contributed by atoms with Gasteiger partial charge in [0.2, 0.25) is 0 Å². The van der Waals surface area contributed by atoms with E-state index in [0.29, 0.717) is 29.0 Å². The van der Waals surface area contributed by atoms with Gasteiger partial charge in [-0.05, 0) is 34.1 Å². The minimum Gasteiger partial charge on any atom is -0.497 e. The second-order valence-electron chi connectivity index (χ2n) is 4.80. The average Bonchev–Trinajstić information content (AvgIpc) is 2.48. The zero-order valence-corrected chi connectivity index (χ0v) is 13.1.